The summed E-state index contributed by atoms with van der Waals surface area (Å²) in [6.07, 6.45) is 7.18. The van der Waals surface area contributed by atoms with E-state index in [0.29, 0.717) is 17.8 Å². The largest absolute Gasteiger partial charge is 0.488 e. The summed E-state index contributed by atoms with van der Waals surface area (Å²) >= 11 is 0. The van der Waals surface area contributed by atoms with Crippen LogP contribution in [0, 0.1) is 23.7 Å². The molecule has 0 spiro atoms. The van der Waals surface area contributed by atoms with Gasteiger partial charge in [-0.05, 0) is 86.3 Å². The fraction of sp³-hybridized carbons (Fsp3) is 0.786. The van der Waals surface area contributed by atoms with Gasteiger partial charge < -0.3 is 24.8 Å². The van der Waals surface area contributed by atoms with E-state index in [1.54, 1.807) is 0 Å². The third-order valence-electron chi connectivity index (χ3n) is 8.01. The Morgan fingerprint density at radius 3 is 2.58 bits per heavy atom. The normalized spacial score (nSPS) is 27.2. The Balaban J connectivity index is 1.58. The second kappa shape index (κ2) is 12.5. The molecule has 7 atom stereocenters. The molecule has 3 rings (SSSR count). The summed E-state index contributed by atoms with van der Waals surface area (Å²) in [6.45, 7) is 8.40. The minimum Gasteiger partial charge on any atom is -0.488 e. The van der Waals surface area contributed by atoms with Crippen molar-refractivity contribution in [3.05, 3.63) is 29.3 Å². The Morgan fingerprint density at radius 2 is 1.85 bits per heavy atom. The zero-order valence-corrected chi connectivity index (χ0v) is 21.1. The molecule has 0 aliphatic heterocycles. The van der Waals surface area contributed by atoms with Gasteiger partial charge in [0.05, 0.1) is 18.3 Å². The smallest absolute Gasteiger partial charge is 0.189 e. The maximum absolute atomic E-state index is 10.8. The van der Waals surface area contributed by atoms with E-state index in [1.807, 2.05) is 19.1 Å². The summed E-state index contributed by atoms with van der Waals surface area (Å²) in [4.78, 5) is 0. The van der Waals surface area contributed by atoms with Gasteiger partial charge in [0.1, 0.15) is 12.4 Å². The van der Waals surface area contributed by atoms with Gasteiger partial charge >= 0.3 is 0 Å². The van der Waals surface area contributed by atoms with Gasteiger partial charge in [-0.25, -0.2) is 0 Å². The monoisotopic (exact) mass is 462 g/mol. The van der Waals surface area contributed by atoms with E-state index in [9.17, 15) is 15.3 Å². The van der Waals surface area contributed by atoms with Gasteiger partial charge in [0.25, 0.3) is 0 Å². The van der Waals surface area contributed by atoms with Crippen LogP contribution >= 0.6 is 0 Å². The predicted octanol–water partition coefficient (Wildman–Crippen LogP) is 4.88. The van der Waals surface area contributed by atoms with Crippen molar-refractivity contribution in [3.63, 3.8) is 0 Å². The van der Waals surface area contributed by atoms with Crippen LogP contribution in [0.3, 0.4) is 0 Å². The predicted molar refractivity (Wildman–Crippen MR) is 131 cm³/mol. The first-order valence-electron chi connectivity index (χ1n) is 13.2. The number of aliphatic hydroxyl groups is 3. The summed E-state index contributed by atoms with van der Waals surface area (Å²) < 4.78 is 11.6. The maximum atomic E-state index is 10.8. The summed E-state index contributed by atoms with van der Waals surface area (Å²) in [5.74, 6) is 2.34. The number of aliphatic hydroxyl groups excluding tert-OH is 3. The van der Waals surface area contributed by atoms with Crippen molar-refractivity contribution in [2.75, 3.05) is 6.61 Å². The summed E-state index contributed by atoms with van der Waals surface area (Å²) in [5, 5.41) is 31.4. The number of ether oxygens (including phenoxy) is 2. The number of hydrogen-bond donors (Lipinski definition) is 3. The van der Waals surface area contributed by atoms with Gasteiger partial charge in [0.2, 0.25) is 0 Å². The fourth-order valence-corrected chi connectivity index (χ4v) is 5.70. The standard InChI is InChI=1S/C28H46O5/c1-5-6-7-10-22(29)12-13-23-24-14-20-9-8-11-27(25(20)15-21(24)16-26(23)30)32-17-28(31)33-19(4)18(2)3/h8-9,11,18-19,21-24,26,28-31H,5-7,10,12-17H2,1-4H3/t19?,21-,22+,23?,24-,26+,28?/m0/s1. The van der Waals surface area contributed by atoms with Gasteiger partial charge in [-0.15, -0.1) is 0 Å². The molecule has 0 aromatic heterocycles. The van der Waals surface area contributed by atoms with Crippen LogP contribution in [0.15, 0.2) is 18.2 Å². The van der Waals surface area contributed by atoms with Crippen molar-refractivity contribution in [1.29, 1.82) is 0 Å². The molecule has 188 valence electrons. The minimum atomic E-state index is -0.948. The molecule has 3 N–H and O–H groups in total. The minimum absolute atomic E-state index is 0.0314. The van der Waals surface area contributed by atoms with Crippen LogP contribution in [-0.4, -0.2) is 46.5 Å². The molecule has 3 unspecified atom stereocenters. The molecule has 33 heavy (non-hydrogen) atoms. The van der Waals surface area contributed by atoms with E-state index < -0.39 is 6.29 Å². The van der Waals surface area contributed by atoms with E-state index in [-0.39, 0.29) is 30.8 Å². The third-order valence-corrected chi connectivity index (χ3v) is 8.01. The molecule has 0 heterocycles. The van der Waals surface area contributed by atoms with Crippen LogP contribution in [0.2, 0.25) is 0 Å². The molecule has 1 aromatic rings. The SMILES string of the molecule is CCCCC[C@@H](O)CCC1[C@H](O)C[C@@H]2Cc3c(cccc3OCC(O)OC(C)C(C)C)C[C@H]12. The zero-order chi connectivity index (χ0) is 24.0. The highest BCUT2D eigenvalue weighted by molar-refractivity contribution is 5.43. The lowest BCUT2D eigenvalue weighted by atomic mass is 9.73. The van der Waals surface area contributed by atoms with E-state index in [0.717, 1.165) is 50.7 Å². The molecule has 2 aliphatic rings. The van der Waals surface area contributed by atoms with Crippen LogP contribution in [-0.2, 0) is 17.6 Å². The van der Waals surface area contributed by atoms with Crippen LogP contribution in [0.4, 0.5) is 0 Å². The Morgan fingerprint density at radius 1 is 1.06 bits per heavy atom. The lowest BCUT2D eigenvalue weighted by Crippen LogP contribution is -2.30. The second-order valence-electron chi connectivity index (χ2n) is 10.8. The highest BCUT2D eigenvalue weighted by atomic mass is 16.6. The van der Waals surface area contributed by atoms with Gasteiger partial charge in [-0.1, -0.05) is 52.2 Å². The first kappa shape index (κ1) is 26.5. The summed E-state index contributed by atoms with van der Waals surface area (Å²) in [5.41, 5.74) is 2.51. The Labute approximate surface area is 200 Å². The van der Waals surface area contributed by atoms with Crippen molar-refractivity contribution in [2.24, 2.45) is 23.7 Å². The molecular weight excluding hydrogens is 416 g/mol. The summed E-state index contributed by atoms with van der Waals surface area (Å²) in [6, 6.07) is 6.18. The van der Waals surface area contributed by atoms with Crippen molar-refractivity contribution in [3.8, 4) is 5.75 Å². The van der Waals surface area contributed by atoms with Crippen molar-refractivity contribution < 1.29 is 24.8 Å². The van der Waals surface area contributed by atoms with Gasteiger partial charge in [0, 0.05) is 0 Å². The molecule has 5 heteroatoms. The zero-order valence-electron chi connectivity index (χ0n) is 21.1. The molecule has 1 aromatic carbocycles. The maximum Gasteiger partial charge on any atom is 0.189 e. The van der Waals surface area contributed by atoms with E-state index >= 15 is 0 Å². The van der Waals surface area contributed by atoms with Crippen molar-refractivity contribution >= 4 is 0 Å². The quantitative estimate of drug-likeness (QED) is 0.288. The average Bonchev–Trinajstić information content (AvgIpc) is 3.08. The highest BCUT2D eigenvalue weighted by Gasteiger charge is 2.44. The highest BCUT2D eigenvalue weighted by Crippen LogP contribution is 2.48. The van der Waals surface area contributed by atoms with Crippen LogP contribution in [0.1, 0.15) is 83.8 Å². The molecule has 5 nitrogen and oxygen atoms in total. The molecule has 1 saturated carbocycles. The molecule has 0 radical (unpaired) electrons. The third kappa shape index (κ3) is 7.17. The van der Waals surface area contributed by atoms with E-state index in [4.69, 9.17) is 9.47 Å². The number of rotatable bonds is 13. The molecule has 0 saturated heterocycles. The van der Waals surface area contributed by atoms with Gasteiger partial charge in [0.15, 0.2) is 6.29 Å². The number of hydrogen-bond acceptors (Lipinski definition) is 5. The first-order chi connectivity index (χ1) is 15.8. The van der Waals surface area contributed by atoms with Gasteiger partial charge in [-0.3, -0.25) is 0 Å². The Bertz CT molecular complexity index is 720. The molecule has 0 amide bonds. The number of unbranched alkanes of at least 4 members (excludes halogenated alkanes) is 2. The lowest BCUT2D eigenvalue weighted by molar-refractivity contribution is -0.156. The molecule has 0 bridgehead atoms. The average molecular weight is 463 g/mol. The number of fused-ring (bicyclic) bond motifs is 2. The molecule has 1 fully saturated rings. The van der Waals surface area contributed by atoms with Crippen LogP contribution in [0.5, 0.6) is 5.75 Å². The topological polar surface area (TPSA) is 79.2 Å². The van der Waals surface area contributed by atoms with Gasteiger partial charge in [-0.2, -0.15) is 0 Å². The Hall–Kier alpha value is -1.14. The second-order valence-corrected chi connectivity index (χ2v) is 10.8. The molecule has 2 aliphatic carbocycles. The van der Waals surface area contributed by atoms with Crippen LogP contribution in [0.25, 0.3) is 0 Å². The van der Waals surface area contributed by atoms with Crippen molar-refractivity contribution in [1.82, 2.24) is 0 Å². The first-order valence-corrected chi connectivity index (χ1v) is 13.2. The number of benzene rings is 1. The Kier molecular flexibility index (Phi) is 10.0. The fourth-order valence-electron chi connectivity index (χ4n) is 5.70. The van der Waals surface area contributed by atoms with E-state index in [1.165, 1.54) is 24.0 Å². The van der Waals surface area contributed by atoms with Crippen LogP contribution < -0.4 is 4.74 Å². The molecular formula is C28H46O5. The van der Waals surface area contributed by atoms with Crippen molar-refractivity contribution in [2.45, 2.75) is 110 Å². The lowest BCUT2D eigenvalue weighted by Gasteiger charge is -2.32. The van der Waals surface area contributed by atoms with E-state index in [2.05, 4.69) is 26.8 Å². The summed E-state index contributed by atoms with van der Waals surface area (Å²) in [7, 11) is 0.